The molecule has 12 heteroatoms. The first-order chi connectivity index (χ1) is 13.3. The second-order valence-electron chi connectivity index (χ2n) is 6.79. The highest BCUT2D eigenvalue weighted by Gasteiger charge is 2.41. The van der Waals surface area contributed by atoms with Crippen molar-refractivity contribution < 1.29 is 32.2 Å². The van der Waals surface area contributed by atoms with Gasteiger partial charge in [0.05, 0.1) is 11.9 Å². The van der Waals surface area contributed by atoms with E-state index in [1.807, 2.05) is 0 Å². The van der Waals surface area contributed by atoms with Crippen molar-refractivity contribution in [1.29, 1.82) is 0 Å². The number of amides is 1. The number of aromatic nitrogens is 3. The Kier molecular flexibility index (Phi) is 6.75. The molecule has 0 aliphatic heterocycles. The van der Waals surface area contributed by atoms with Gasteiger partial charge in [0.1, 0.15) is 21.6 Å². The van der Waals surface area contributed by atoms with Crippen LogP contribution in [0.5, 0.6) is 0 Å². The van der Waals surface area contributed by atoms with Crippen molar-refractivity contribution >= 4 is 40.5 Å². The Morgan fingerprint density at radius 2 is 1.93 bits per heavy atom. The number of hydrogen-bond donors (Lipinski definition) is 1. The van der Waals surface area contributed by atoms with Crippen LogP contribution in [-0.4, -0.2) is 37.0 Å². The molecule has 0 radical (unpaired) electrons. The van der Waals surface area contributed by atoms with Crippen molar-refractivity contribution in [3.8, 4) is 5.69 Å². The number of nitrogens with one attached hydrogen (secondary N) is 1. The van der Waals surface area contributed by atoms with E-state index in [2.05, 4.69) is 20.1 Å². The lowest BCUT2D eigenvalue weighted by Gasteiger charge is -2.20. The third-order valence-electron chi connectivity index (χ3n) is 3.47. The fourth-order valence-electron chi connectivity index (χ4n) is 2.36. The molecule has 1 amide bonds. The van der Waals surface area contributed by atoms with Crippen LogP contribution in [0, 0.1) is 6.92 Å². The van der Waals surface area contributed by atoms with E-state index >= 15 is 0 Å². The highest BCUT2D eigenvalue weighted by atomic mass is 127. The molecule has 0 aromatic carbocycles. The number of esters is 1. The maximum atomic E-state index is 13.7. The van der Waals surface area contributed by atoms with E-state index in [0.29, 0.717) is 4.68 Å². The van der Waals surface area contributed by atoms with E-state index in [0.717, 1.165) is 6.20 Å². The highest BCUT2D eigenvalue weighted by molar-refractivity contribution is 14.1. The number of nitrogens with zero attached hydrogens (tertiary/aromatic N) is 3. The van der Waals surface area contributed by atoms with Gasteiger partial charge in [-0.2, -0.15) is 18.3 Å². The molecule has 0 saturated carbocycles. The third-order valence-corrected chi connectivity index (χ3v) is 3.78. The number of hydrogen-bond acceptors (Lipinski definition) is 6. The Balaban J connectivity index is 2.51. The zero-order valence-corrected chi connectivity index (χ0v) is 18.1. The fourth-order valence-corrected chi connectivity index (χ4v) is 2.64. The van der Waals surface area contributed by atoms with E-state index in [-0.39, 0.29) is 21.7 Å². The van der Waals surface area contributed by atoms with Gasteiger partial charge in [-0.25, -0.2) is 19.3 Å². The maximum absolute atomic E-state index is 13.7. The van der Waals surface area contributed by atoms with Gasteiger partial charge < -0.3 is 9.47 Å². The average Bonchev–Trinajstić information content (AvgIpc) is 3.00. The Morgan fingerprint density at radius 3 is 2.48 bits per heavy atom. The Hall–Kier alpha value is -2.38. The lowest BCUT2D eigenvalue weighted by Crippen LogP contribution is -2.28. The number of ether oxygens (including phenoxy) is 2. The van der Waals surface area contributed by atoms with Crippen molar-refractivity contribution in [2.45, 2.75) is 39.5 Å². The molecule has 0 atom stereocenters. The van der Waals surface area contributed by atoms with Gasteiger partial charge in [0, 0.05) is 11.8 Å². The zero-order chi connectivity index (χ0) is 22.0. The van der Waals surface area contributed by atoms with Crippen LogP contribution in [-0.2, 0) is 15.7 Å². The molecule has 0 saturated heterocycles. The minimum Gasteiger partial charge on any atom is -0.451 e. The second-order valence-corrected chi connectivity index (χ2v) is 7.41. The monoisotopic (exact) mass is 526 g/mol. The Labute approximate surface area is 177 Å². The molecule has 2 aromatic heterocycles. The fraction of sp³-hybridized carbons (Fsp3) is 0.412. The lowest BCUT2D eigenvalue weighted by atomic mass is 10.2. The molecule has 0 spiro atoms. The molecule has 2 aromatic rings. The van der Waals surface area contributed by atoms with E-state index in [4.69, 9.17) is 4.74 Å². The molecule has 0 aliphatic rings. The van der Waals surface area contributed by atoms with Crippen molar-refractivity contribution in [3.05, 3.63) is 35.3 Å². The molecule has 8 nitrogen and oxygen atoms in total. The van der Waals surface area contributed by atoms with Crippen LogP contribution in [0.25, 0.3) is 5.69 Å². The maximum Gasteiger partial charge on any atom is 0.434 e. The molecule has 0 aliphatic carbocycles. The van der Waals surface area contributed by atoms with E-state index in [1.54, 1.807) is 43.4 Å². The lowest BCUT2D eigenvalue weighted by molar-refractivity contribution is -0.143. The number of halogens is 4. The van der Waals surface area contributed by atoms with E-state index in [1.165, 1.54) is 19.2 Å². The SMILES string of the molecule is Cc1c(-n2ncc(C(=O)OCI)c2C(F)(F)F)ccnc1NC(=O)OC(C)(C)C. The van der Waals surface area contributed by atoms with Crippen molar-refractivity contribution in [2.75, 3.05) is 9.93 Å². The van der Waals surface area contributed by atoms with Gasteiger partial charge in [0.2, 0.25) is 0 Å². The topological polar surface area (TPSA) is 95.3 Å². The molecular weight excluding hydrogens is 508 g/mol. The molecule has 0 fully saturated rings. The number of anilines is 1. The summed E-state index contributed by atoms with van der Waals surface area (Å²) >= 11 is 1.70. The van der Waals surface area contributed by atoms with Crippen LogP contribution in [0.15, 0.2) is 18.5 Å². The number of alkyl halides is 4. The number of carbonyl (C=O) groups is 2. The van der Waals surface area contributed by atoms with Crippen molar-refractivity contribution in [2.24, 2.45) is 0 Å². The van der Waals surface area contributed by atoms with Crippen LogP contribution in [0.3, 0.4) is 0 Å². The van der Waals surface area contributed by atoms with Gasteiger partial charge in [-0.3, -0.25) is 5.32 Å². The first-order valence-corrected chi connectivity index (χ1v) is 9.72. The zero-order valence-electron chi connectivity index (χ0n) is 15.9. The van der Waals surface area contributed by atoms with Gasteiger partial charge in [-0.1, -0.05) is 0 Å². The third kappa shape index (κ3) is 5.58. The average molecular weight is 526 g/mol. The minimum absolute atomic E-state index is 0.00300. The van der Waals surface area contributed by atoms with Gasteiger partial charge >= 0.3 is 18.2 Å². The van der Waals surface area contributed by atoms with Crippen LogP contribution < -0.4 is 5.32 Å². The predicted molar refractivity (Wildman–Crippen MR) is 105 cm³/mol. The normalized spacial score (nSPS) is 11.9. The summed E-state index contributed by atoms with van der Waals surface area (Å²) in [5.74, 6) is -1.14. The van der Waals surface area contributed by atoms with Crippen LogP contribution >= 0.6 is 22.6 Å². The standard InChI is InChI=1S/C17H18F3IN4O4/c1-9-11(5-6-22-13(9)24-15(27)29-16(2,3)4)25-12(17(18,19)20)10(7-23-25)14(26)28-8-21/h5-7H,8H2,1-4H3,(H,22,24,27). The number of carbonyl (C=O) groups excluding carboxylic acids is 2. The first-order valence-electron chi connectivity index (χ1n) is 8.19. The molecular formula is C17H18F3IN4O4. The van der Waals surface area contributed by atoms with Gasteiger partial charge in [-0.05, 0) is 56.4 Å². The summed E-state index contributed by atoms with van der Waals surface area (Å²) in [6, 6.07) is 1.28. The largest absolute Gasteiger partial charge is 0.451 e. The van der Waals surface area contributed by atoms with Crippen molar-refractivity contribution in [1.82, 2.24) is 14.8 Å². The van der Waals surface area contributed by atoms with Gasteiger partial charge in [0.15, 0.2) is 5.69 Å². The summed E-state index contributed by atoms with van der Waals surface area (Å²) in [6.45, 7) is 6.46. The predicted octanol–water partition coefficient (Wildman–Crippen LogP) is 4.49. The first kappa shape index (κ1) is 22.9. The van der Waals surface area contributed by atoms with Gasteiger partial charge in [-0.15, -0.1) is 0 Å². The smallest absolute Gasteiger partial charge is 0.434 e. The minimum atomic E-state index is -4.88. The summed E-state index contributed by atoms with van der Waals surface area (Å²) in [7, 11) is 0. The van der Waals surface area contributed by atoms with Crippen LogP contribution in [0.2, 0.25) is 0 Å². The van der Waals surface area contributed by atoms with E-state index < -0.39 is 35.1 Å². The summed E-state index contributed by atoms with van der Waals surface area (Å²) in [6.07, 6.45) is -3.70. The Morgan fingerprint density at radius 1 is 1.28 bits per heavy atom. The van der Waals surface area contributed by atoms with Crippen LogP contribution in [0.1, 0.15) is 42.4 Å². The molecule has 2 rings (SSSR count). The molecule has 1 N–H and O–H groups in total. The Bertz CT molecular complexity index is 922. The number of rotatable bonds is 4. The summed E-state index contributed by atoms with van der Waals surface area (Å²) < 4.78 is 51.3. The molecule has 0 bridgehead atoms. The van der Waals surface area contributed by atoms with E-state index in [9.17, 15) is 22.8 Å². The second kappa shape index (κ2) is 8.55. The molecule has 0 unspecified atom stereocenters. The highest BCUT2D eigenvalue weighted by Crippen LogP contribution is 2.35. The van der Waals surface area contributed by atoms with Gasteiger partial charge in [0.25, 0.3) is 0 Å². The molecule has 29 heavy (non-hydrogen) atoms. The van der Waals surface area contributed by atoms with Crippen molar-refractivity contribution in [3.63, 3.8) is 0 Å². The summed E-state index contributed by atoms with van der Waals surface area (Å²) in [5.41, 5.74) is -2.60. The summed E-state index contributed by atoms with van der Waals surface area (Å²) in [4.78, 5) is 27.9. The molecule has 158 valence electrons. The summed E-state index contributed by atoms with van der Waals surface area (Å²) in [5, 5.41) is 6.12. The quantitative estimate of drug-likeness (QED) is 0.359. The molecule has 2 heterocycles. The van der Waals surface area contributed by atoms with Crippen LogP contribution in [0.4, 0.5) is 23.8 Å². The number of pyridine rings is 1.